The van der Waals surface area contributed by atoms with E-state index in [0.717, 1.165) is 19.6 Å². The molecule has 0 aromatic heterocycles. The van der Waals surface area contributed by atoms with E-state index in [-0.39, 0.29) is 0 Å². The van der Waals surface area contributed by atoms with Crippen molar-refractivity contribution in [3.63, 3.8) is 0 Å². The van der Waals surface area contributed by atoms with Crippen LogP contribution in [-0.2, 0) is 13.1 Å². The molecule has 1 atom stereocenters. The second-order valence-corrected chi connectivity index (χ2v) is 6.91. The van der Waals surface area contributed by atoms with Gasteiger partial charge in [0.1, 0.15) is 0 Å². The Morgan fingerprint density at radius 2 is 1.81 bits per heavy atom. The molecule has 0 spiro atoms. The van der Waals surface area contributed by atoms with Crippen molar-refractivity contribution in [1.82, 2.24) is 15.1 Å². The van der Waals surface area contributed by atoms with Gasteiger partial charge in [-0.2, -0.15) is 0 Å². The summed E-state index contributed by atoms with van der Waals surface area (Å²) >= 11 is 0. The Morgan fingerprint density at radius 1 is 1.14 bits per heavy atom. The van der Waals surface area contributed by atoms with Crippen molar-refractivity contribution in [2.45, 2.75) is 39.9 Å². The van der Waals surface area contributed by atoms with Crippen molar-refractivity contribution in [3.05, 3.63) is 35.4 Å². The van der Waals surface area contributed by atoms with Crippen molar-refractivity contribution >= 4 is 0 Å². The monoisotopic (exact) mass is 289 g/mol. The van der Waals surface area contributed by atoms with E-state index >= 15 is 0 Å². The van der Waals surface area contributed by atoms with Crippen LogP contribution in [0.25, 0.3) is 0 Å². The first kappa shape index (κ1) is 16.5. The van der Waals surface area contributed by atoms with E-state index in [1.807, 2.05) is 0 Å². The molecule has 1 heterocycles. The van der Waals surface area contributed by atoms with E-state index in [1.54, 1.807) is 0 Å². The Morgan fingerprint density at radius 3 is 2.43 bits per heavy atom. The molecule has 1 aromatic rings. The Bertz CT molecular complexity index is 413. The maximum absolute atomic E-state index is 3.50. The molecule has 1 aliphatic rings. The van der Waals surface area contributed by atoms with Gasteiger partial charge in [0.2, 0.25) is 0 Å². The van der Waals surface area contributed by atoms with Gasteiger partial charge in [0.25, 0.3) is 0 Å². The Kier molecular flexibility index (Phi) is 6.22. The lowest BCUT2D eigenvalue weighted by atomic mass is 10.1. The summed E-state index contributed by atoms with van der Waals surface area (Å²) in [6.07, 6.45) is 0. The van der Waals surface area contributed by atoms with Crippen LogP contribution >= 0.6 is 0 Å². The average molecular weight is 289 g/mol. The highest BCUT2D eigenvalue weighted by Gasteiger charge is 2.20. The van der Waals surface area contributed by atoms with Crippen LogP contribution in [0, 0.1) is 5.92 Å². The maximum atomic E-state index is 3.50. The van der Waals surface area contributed by atoms with Gasteiger partial charge in [-0.15, -0.1) is 0 Å². The van der Waals surface area contributed by atoms with Gasteiger partial charge in [0.15, 0.2) is 0 Å². The molecular formula is C18H31N3. The van der Waals surface area contributed by atoms with Crippen molar-refractivity contribution < 1.29 is 0 Å². The standard InChI is InChI=1S/C18H31N3/c1-15(2)11-19-12-17-5-7-18(8-6-17)14-21-10-9-20(4)16(3)13-21/h5-8,15-16,19H,9-14H2,1-4H3. The Hall–Kier alpha value is -0.900. The first-order chi connectivity index (χ1) is 10.0. The molecule has 3 heteroatoms. The smallest absolute Gasteiger partial charge is 0.0234 e. The van der Waals surface area contributed by atoms with Crippen molar-refractivity contribution in [1.29, 1.82) is 0 Å². The number of hydrogen-bond acceptors (Lipinski definition) is 3. The summed E-state index contributed by atoms with van der Waals surface area (Å²) in [6, 6.07) is 9.77. The molecule has 1 saturated heterocycles. The van der Waals surface area contributed by atoms with Gasteiger partial charge in [-0.3, -0.25) is 4.90 Å². The maximum Gasteiger partial charge on any atom is 0.0234 e. The first-order valence-electron chi connectivity index (χ1n) is 8.25. The minimum absolute atomic E-state index is 0.665. The lowest BCUT2D eigenvalue weighted by Gasteiger charge is -2.37. The van der Waals surface area contributed by atoms with Crippen molar-refractivity contribution in [3.8, 4) is 0 Å². The summed E-state index contributed by atoms with van der Waals surface area (Å²) in [5, 5.41) is 3.50. The Balaban J connectivity index is 1.79. The third-order valence-corrected chi connectivity index (χ3v) is 4.35. The summed E-state index contributed by atoms with van der Waals surface area (Å²) in [5.74, 6) is 0.712. The number of piperazine rings is 1. The van der Waals surface area contributed by atoms with E-state index in [0.29, 0.717) is 12.0 Å². The van der Waals surface area contributed by atoms with E-state index in [4.69, 9.17) is 0 Å². The van der Waals surface area contributed by atoms with Crippen LogP contribution in [0.1, 0.15) is 31.9 Å². The number of rotatable bonds is 6. The second kappa shape index (κ2) is 7.92. The molecule has 1 aromatic carbocycles. The van der Waals surface area contributed by atoms with Gasteiger partial charge in [-0.05, 0) is 37.6 Å². The summed E-state index contributed by atoms with van der Waals surface area (Å²) < 4.78 is 0. The lowest BCUT2D eigenvalue weighted by Crippen LogP contribution is -2.49. The van der Waals surface area contributed by atoms with E-state index < -0.39 is 0 Å². The number of hydrogen-bond donors (Lipinski definition) is 1. The molecule has 0 saturated carbocycles. The number of nitrogens with zero attached hydrogens (tertiary/aromatic N) is 2. The van der Waals surface area contributed by atoms with E-state index in [1.165, 1.54) is 30.8 Å². The third kappa shape index (κ3) is 5.42. The fraction of sp³-hybridized carbons (Fsp3) is 0.667. The van der Waals surface area contributed by atoms with E-state index in [9.17, 15) is 0 Å². The summed E-state index contributed by atoms with van der Waals surface area (Å²) in [4.78, 5) is 5.01. The van der Waals surface area contributed by atoms with Crippen LogP contribution in [0.4, 0.5) is 0 Å². The molecule has 0 amide bonds. The normalized spacial score (nSPS) is 21.1. The van der Waals surface area contributed by atoms with Gasteiger partial charge in [-0.25, -0.2) is 0 Å². The molecule has 21 heavy (non-hydrogen) atoms. The highest BCUT2D eigenvalue weighted by molar-refractivity contribution is 5.22. The molecule has 0 aliphatic carbocycles. The predicted molar refractivity (Wildman–Crippen MR) is 90.4 cm³/mol. The zero-order valence-corrected chi connectivity index (χ0v) is 14.1. The van der Waals surface area contributed by atoms with Crippen LogP contribution in [0.2, 0.25) is 0 Å². The number of likely N-dealkylation sites (N-methyl/N-ethyl adjacent to an activating group) is 1. The van der Waals surface area contributed by atoms with Crippen LogP contribution in [0.3, 0.4) is 0 Å². The van der Waals surface area contributed by atoms with Crippen LogP contribution in [0.5, 0.6) is 0 Å². The zero-order chi connectivity index (χ0) is 15.2. The zero-order valence-electron chi connectivity index (χ0n) is 14.1. The largest absolute Gasteiger partial charge is 0.312 e. The molecule has 1 aliphatic heterocycles. The van der Waals surface area contributed by atoms with Gasteiger partial charge in [-0.1, -0.05) is 38.1 Å². The molecule has 2 rings (SSSR count). The second-order valence-electron chi connectivity index (χ2n) is 6.91. The van der Waals surface area contributed by atoms with Crippen LogP contribution in [-0.4, -0.2) is 49.1 Å². The molecular weight excluding hydrogens is 258 g/mol. The third-order valence-electron chi connectivity index (χ3n) is 4.35. The molecule has 1 fully saturated rings. The highest BCUT2D eigenvalue weighted by Crippen LogP contribution is 2.12. The summed E-state index contributed by atoms with van der Waals surface area (Å²) in [7, 11) is 2.22. The fourth-order valence-corrected chi connectivity index (χ4v) is 2.79. The molecule has 1 N–H and O–H groups in total. The lowest BCUT2D eigenvalue weighted by molar-refractivity contribution is 0.1000. The predicted octanol–water partition coefficient (Wildman–Crippen LogP) is 2.57. The quantitative estimate of drug-likeness (QED) is 0.868. The van der Waals surface area contributed by atoms with Gasteiger partial charge in [0.05, 0.1) is 0 Å². The van der Waals surface area contributed by atoms with Crippen molar-refractivity contribution in [2.24, 2.45) is 5.92 Å². The molecule has 0 bridgehead atoms. The fourth-order valence-electron chi connectivity index (χ4n) is 2.79. The van der Waals surface area contributed by atoms with E-state index in [2.05, 4.69) is 67.2 Å². The average Bonchev–Trinajstić information content (AvgIpc) is 2.44. The minimum atomic E-state index is 0.665. The van der Waals surface area contributed by atoms with Crippen LogP contribution < -0.4 is 5.32 Å². The highest BCUT2D eigenvalue weighted by atomic mass is 15.3. The molecule has 118 valence electrons. The van der Waals surface area contributed by atoms with Crippen molar-refractivity contribution in [2.75, 3.05) is 33.2 Å². The number of benzene rings is 1. The molecule has 0 radical (unpaired) electrons. The SMILES string of the molecule is CC(C)CNCc1ccc(CN2CCN(C)C(C)C2)cc1. The van der Waals surface area contributed by atoms with Gasteiger partial charge >= 0.3 is 0 Å². The summed E-state index contributed by atoms with van der Waals surface area (Å²) in [6.45, 7) is 13.5. The minimum Gasteiger partial charge on any atom is -0.312 e. The topological polar surface area (TPSA) is 18.5 Å². The molecule has 1 unspecified atom stereocenters. The van der Waals surface area contributed by atoms with Gasteiger partial charge in [0, 0.05) is 38.8 Å². The molecule has 3 nitrogen and oxygen atoms in total. The van der Waals surface area contributed by atoms with Crippen LogP contribution in [0.15, 0.2) is 24.3 Å². The summed E-state index contributed by atoms with van der Waals surface area (Å²) in [5.41, 5.74) is 2.81. The first-order valence-corrected chi connectivity index (χ1v) is 8.25. The van der Waals surface area contributed by atoms with Gasteiger partial charge < -0.3 is 10.2 Å². The number of nitrogens with one attached hydrogen (secondary N) is 1. The Labute approximate surface area is 130 Å².